The third-order valence-electron chi connectivity index (χ3n) is 13.1. The SMILES string of the molecule is c1ccc(-c2ccc(-c3ccc(-c4nc(-c5ccccc5)nc(-c5ccc6c(c5)C5(c7ccccc7-c7ccccc75)c5cccc7c8ccccc8n-6c57)n4)cc3)cc2)cc1. The predicted octanol–water partition coefficient (Wildman–Crippen LogP) is 14.0. The van der Waals surface area contributed by atoms with Crippen molar-refractivity contribution in [3.63, 3.8) is 0 Å². The fourth-order valence-electron chi connectivity index (χ4n) is 10.4. The van der Waals surface area contributed by atoms with E-state index < -0.39 is 5.41 Å². The Morgan fingerprint density at radius 1 is 0.306 bits per heavy atom. The number of nitrogens with zero attached hydrogens (tertiary/aromatic N) is 4. The molecule has 1 aliphatic heterocycles. The molecule has 0 fully saturated rings. The van der Waals surface area contributed by atoms with E-state index in [1.165, 1.54) is 66.3 Å². The average Bonchev–Trinajstić information content (AvgIpc) is 3.85. The monoisotopic (exact) mass is 788 g/mol. The van der Waals surface area contributed by atoms with Crippen LogP contribution in [0.2, 0.25) is 0 Å². The summed E-state index contributed by atoms with van der Waals surface area (Å²) in [4.78, 5) is 15.7. The number of fused-ring (bicyclic) bond motifs is 12. The molecule has 0 saturated carbocycles. The highest BCUT2D eigenvalue weighted by atomic mass is 15.0. The molecule has 13 rings (SSSR count). The summed E-state index contributed by atoms with van der Waals surface area (Å²) in [6.07, 6.45) is 0. The van der Waals surface area contributed by atoms with E-state index in [1.807, 2.05) is 18.2 Å². The van der Waals surface area contributed by atoms with Crippen LogP contribution in [-0.4, -0.2) is 19.5 Å². The van der Waals surface area contributed by atoms with Crippen LogP contribution in [0.5, 0.6) is 0 Å². The van der Waals surface area contributed by atoms with E-state index >= 15 is 0 Å². The van der Waals surface area contributed by atoms with Crippen LogP contribution < -0.4 is 0 Å². The van der Waals surface area contributed by atoms with Crippen molar-refractivity contribution >= 4 is 21.8 Å². The van der Waals surface area contributed by atoms with Crippen molar-refractivity contribution in [3.05, 3.63) is 241 Å². The van der Waals surface area contributed by atoms with E-state index in [2.05, 4.69) is 205 Å². The summed E-state index contributed by atoms with van der Waals surface area (Å²) in [5.74, 6) is 1.90. The van der Waals surface area contributed by atoms with Crippen LogP contribution in [-0.2, 0) is 5.41 Å². The van der Waals surface area contributed by atoms with Gasteiger partial charge in [0, 0.05) is 27.5 Å². The lowest BCUT2D eigenvalue weighted by atomic mass is 9.65. The highest BCUT2D eigenvalue weighted by Crippen LogP contribution is 2.61. The summed E-state index contributed by atoms with van der Waals surface area (Å²) in [6, 6.07) is 78.5. The van der Waals surface area contributed by atoms with E-state index in [9.17, 15) is 0 Å². The highest BCUT2D eigenvalue weighted by Gasteiger charge is 2.50. The molecule has 2 aliphatic rings. The topological polar surface area (TPSA) is 43.6 Å². The average molecular weight is 789 g/mol. The number of aromatic nitrogens is 4. The molecule has 0 atom stereocenters. The van der Waals surface area contributed by atoms with Crippen molar-refractivity contribution in [2.75, 3.05) is 0 Å². The molecule has 0 N–H and O–H groups in total. The van der Waals surface area contributed by atoms with E-state index in [4.69, 9.17) is 15.0 Å². The third kappa shape index (κ3) is 4.98. The van der Waals surface area contributed by atoms with Gasteiger partial charge in [-0.25, -0.2) is 15.0 Å². The maximum Gasteiger partial charge on any atom is 0.164 e. The van der Waals surface area contributed by atoms with Gasteiger partial charge in [0.25, 0.3) is 0 Å². The van der Waals surface area contributed by atoms with Crippen LogP contribution in [0.4, 0.5) is 0 Å². The van der Waals surface area contributed by atoms with Gasteiger partial charge in [-0.05, 0) is 79.9 Å². The highest BCUT2D eigenvalue weighted by molar-refractivity contribution is 6.13. The van der Waals surface area contributed by atoms with E-state index in [-0.39, 0.29) is 0 Å². The van der Waals surface area contributed by atoms with Gasteiger partial charge in [0.1, 0.15) is 0 Å². The largest absolute Gasteiger partial charge is 0.309 e. The minimum Gasteiger partial charge on any atom is -0.309 e. The Bertz CT molecular complexity index is 3510. The Kier molecular flexibility index (Phi) is 7.49. The van der Waals surface area contributed by atoms with E-state index in [0.717, 1.165) is 33.5 Å². The quantitative estimate of drug-likeness (QED) is 0.174. The van der Waals surface area contributed by atoms with Crippen molar-refractivity contribution in [1.29, 1.82) is 0 Å². The standard InChI is InChI=1S/C58H36N4/c1-3-14-37(15-4-1)38-26-28-39(29-27-38)40-30-32-42(33-31-40)56-59-55(41-16-5-2-6-17-41)60-57(61-56)43-34-35-53-51(36-43)58(48-22-10-7-18-44(48)45-19-8-11-23-49(45)58)50-24-13-21-47-46-20-9-12-25-52(46)62(53)54(47)50/h1-36H. The Labute approximate surface area is 359 Å². The first kappa shape index (κ1) is 34.6. The zero-order valence-corrected chi connectivity index (χ0v) is 33.6. The molecular weight excluding hydrogens is 753 g/mol. The Hall–Kier alpha value is -8.21. The predicted molar refractivity (Wildman–Crippen MR) is 252 cm³/mol. The van der Waals surface area contributed by atoms with Crippen molar-refractivity contribution in [3.8, 4) is 73.2 Å². The van der Waals surface area contributed by atoms with Crippen molar-refractivity contribution < 1.29 is 0 Å². The van der Waals surface area contributed by atoms with Crippen LogP contribution in [0.3, 0.4) is 0 Å². The van der Waals surface area contributed by atoms with Crippen LogP contribution in [0, 0.1) is 0 Å². The van der Waals surface area contributed by atoms with Crippen LogP contribution >= 0.6 is 0 Å². The van der Waals surface area contributed by atoms with Gasteiger partial charge >= 0.3 is 0 Å². The minimum atomic E-state index is -0.574. The van der Waals surface area contributed by atoms with Crippen molar-refractivity contribution in [2.24, 2.45) is 0 Å². The second-order valence-electron chi connectivity index (χ2n) is 16.3. The molecule has 11 aromatic rings. The molecule has 4 heteroatoms. The summed E-state index contributed by atoms with van der Waals surface area (Å²) in [7, 11) is 0. The fourth-order valence-corrected chi connectivity index (χ4v) is 10.4. The number of hydrogen-bond acceptors (Lipinski definition) is 3. The summed E-state index contributed by atoms with van der Waals surface area (Å²) in [6.45, 7) is 0. The molecule has 4 nitrogen and oxygen atoms in total. The smallest absolute Gasteiger partial charge is 0.164 e. The van der Waals surface area contributed by atoms with Gasteiger partial charge in [-0.2, -0.15) is 0 Å². The van der Waals surface area contributed by atoms with Crippen molar-refractivity contribution in [1.82, 2.24) is 19.5 Å². The molecule has 0 radical (unpaired) electrons. The minimum absolute atomic E-state index is 0.574. The molecule has 0 unspecified atom stereocenters. The molecule has 1 spiro atoms. The van der Waals surface area contributed by atoms with Gasteiger partial charge in [0.2, 0.25) is 0 Å². The first-order valence-corrected chi connectivity index (χ1v) is 21.2. The summed E-state index contributed by atoms with van der Waals surface area (Å²) < 4.78 is 2.49. The number of rotatable bonds is 5. The zero-order chi connectivity index (χ0) is 40.8. The summed E-state index contributed by atoms with van der Waals surface area (Å²) >= 11 is 0. The molecule has 1 aliphatic carbocycles. The second kappa shape index (κ2) is 13.4. The maximum absolute atomic E-state index is 5.29. The molecule has 3 heterocycles. The molecule has 288 valence electrons. The first-order chi connectivity index (χ1) is 30.7. The van der Waals surface area contributed by atoms with Crippen LogP contribution in [0.25, 0.3) is 95.0 Å². The van der Waals surface area contributed by atoms with Gasteiger partial charge in [-0.15, -0.1) is 0 Å². The molecule has 0 saturated heterocycles. The lowest BCUT2D eigenvalue weighted by Gasteiger charge is -2.39. The number of benzene rings is 9. The van der Waals surface area contributed by atoms with E-state index in [1.54, 1.807) is 0 Å². The lowest BCUT2D eigenvalue weighted by molar-refractivity contribution is 0.748. The summed E-state index contributed by atoms with van der Waals surface area (Å²) in [5.41, 5.74) is 18.2. The van der Waals surface area contributed by atoms with Gasteiger partial charge in [0.05, 0.1) is 22.1 Å². The zero-order valence-electron chi connectivity index (χ0n) is 33.6. The van der Waals surface area contributed by atoms with Crippen LogP contribution in [0.15, 0.2) is 218 Å². The van der Waals surface area contributed by atoms with Gasteiger partial charge in [0.15, 0.2) is 17.5 Å². The third-order valence-corrected chi connectivity index (χ3v) is 13.1. The fraction of sp³-hybridized carbons (Fsp3) is 0.0172. The molecule has 0 bridgehead atoms. The van der Waals surface area contributed by atoms with E-state index in [0.29, 0.717) is 17.5 Å². The maximum atomic E-state index is 5.29. The lowest BCUT2D eigenvalue weighted by Crippen LogP contribution is -2.33. The molecule has 9 aromatic carbocycles. The molecule has 62 heavy (non-hydrogen) atoms. The van der Waals surface area contributed by atoms with Crippen LogP contribution in [0.1, 0.15) is 22.3 Å². The normalized spacial score (nSPS) is 13.0. The van der Waals surface area contributed by atoms with Crippen molar-refractivity contribution in [2.45, 2.75) is 5.41 Å². The number of hydrogen-bond donors (Lipinski definition) is 0. The second-order valence-corrected chi connectivity index (χ2v) is 16.3. The Morgan fingerprint density at radius 2 is 0.742 bits per heavy atom. The first-order valence-electron chi connectivity index (χ1n) is 21.2. The van der Waals surface area contributed by atoms with Gasteiger partial charge < -0.3 is 4.57 Å². The van der Waals surface area contributed by atoms with Gasteiger partial charge in [-0.1, -0.05) is 194 Å². The summed E-state index contributed by atoms with van der Waals surface area (Å²) in [5, 5.41) is 2.51. The Balaban J connectivity index is 1.01. The molecule has 0 amide bonds. The Morgan fingerprint density at radius 3 is 1.37 bits per heavy atom. The molecular formula is C58H36N4. The molecule has 2 aromatic heterocycles. The van der Waals surface area contributed by atoms with Gasteiger partial charge in [-0.3, -0.25) is 0 Å². The number of para-hydroxylation sites is 2.